The highest BCUT2D eigenvalue weighted by molar-refractivity contribution is 5.94. The molecular formula is C42H32N4O10. The van der Waals surface area contributed by atoms with Crippen molar-refractivity contribution in [2.45, 2.75) is 75.4 Å². The third kappa shape index (κ3) is 3.75. The third-order valence-corrected chi connectivity index (χ3v) is 12.7. The summed E-state index contributed by atoms with van der Waals surface area (Å²) in [5.41, 5.74) is -1.92. The first-order chi connectivity index (χ1) is 26.9. The van der Waals surface area contributed by atoms with E-state index in [1.807, 2.05) is 0 Å². The maximum absolute atomic E-state index is 14.9. The molecule has 0 unspecified atom stereocenters. The van der Waals surface area contributed by atoms with E-state index in [0.29, 0.717) is 44.1 Å². The molecule has 4 N–H and O–H groups in total. The lowest BCUT2D eigenvalue weighted by Crippen LogP contribution is -2.45. The highest BCUT2D eigenvalue weighted by atomic mass is 16.6. The van der Waals surface area contributed by atoms with Gasteiger partial charge in [-0.1, -0.05) is 50.2 Å². The molecule has 14 nitrogen and oxygen atoms in total. The van der Waals surface area contributed by atoms with Gasteiger partial charge in [-0.25, -0.2) is 19.6 Å². The van der Waals surface area contributed by atoms with E-state index in [0.717, 1.165) is 0 Å². The fourth-order valence-electron chi connectivity index (χ4n) is 9.97. The van der Waals surface area contributed by atoms with Gasteiger partial charge in [-0.3, -0.25) is 18.7 Å². The van der Waals surface area contributed by atoms with Gasteiger partial charge < -0.3 is 29.9 Å². The summed E-state index contributed by atoms with van der Waals surface area (Å²) in [6.07, 6.45) is -3.17. The summed E-state index contributed by atoms with van der Waals surface area (Å²) in [5, 5.41) is 50.5. The van der Waals surface area contributed by atoms with E-state index in [9.17, 15) is 39.6 Å². The molecule has 0 saturated heterocycles. The van der Waals surface area contributed by atoms with Crippen molar-refractivity contribution in [3.8, 4) is 22.8 Å². The molecule has 0 fully saturated rings. The molecule has 56 heavy (non-hydrogen) atoms. The van der Waals surface area contributed by atoms with Crippen LogP contribution in [0.2, 0.25) is 0 Å². The molecule has 14 heteroatoms. The Morgan fingerprint density at radius 2 is 1.04 bits per heavy atom. The number of hydrogen-bond acceptors (Lipinski definition) is 12. The van der Waals surface area contributed by atoms with Gasteiger partial charge in [0.25, 0.3) is 11.1 Å². The normalized spacial score (nSPS) is 26.3. The molecule has 6 aromatic rings. The Hall–Kier alpha value is -6.06. The third-order valence-electron chi connectivity index (χ3n) is 12.7. The van der Waals surface area contributed by atoms with E-state index in [-0.39, 0.29) is 57.9 Å². The Morgan fingerprint density at radius 3 is 1.43 bits per heavy atom. The zero-order valence-corrected chi connectivity index (χ0v) is 29.9. The summed E-state index contributed by atoms with van der Waals surface area (Å²) in [5.74, 6) is -1.76. The van der Waals surface area contributed by atoms with Crippen molar-refractivity contribution in [3.05, 3.63) is 126 Å². The van der Waals surface area contributed by atoms with Crippen LogP contribution in [0.15, 0.2) is 70.3 Å². The van der Waals surface area contributed by atoms with Crippen LogP contribution < -0.4 is 11.1 Å². The quantitative estimate of drug-likeness (QED) is 0.188. The molecule has 0 spiro atoms. The van der Waals surface area contributed by atoms with E-state index >= 15 is 0 Å². The van der Waals surface area contributed by atoms with Gasteiger partial charge in [0.15, 0.2) is 11.2 Å². The van der Waals surface area contributed by atoms with Crippen molar-refractivity contribution in [1.29, 1.82) is 0 Å². The molecule has 5 aliphatic rings. The second kappa shape index (κ2) is 10.8. The second-order valence-electron chi connectivity index (χ2n) is 15.2. The fourth-order valence-corrected chi connectivity index (χ4v) is 9.97. The molecule has 11 rings (SSSR count). The molecule has 280 valence electrons. The Bertz CT molecular complexity index is 2790. The molecule has 6 atom stereocenters. The minimum Gasteiger partial charge on any atom is -0.458 e. The van der Waals surface area contributed by atoms with Crippen molar-refractivity contribution < 1.29 is 39.5 Å². The first kappa shape index (κ1) is 33.3. The number of pyridine rings is 4. The number of carbonyl (C=O) groups excluding carboxylic acids is 2. The Morgan fingerprint density at radius 1 is 0.643 bits per heavy atom. The first-order valence-corrected chi connectivity index (χ1v) is 18.5. The number of ether oxygens (including phenoxy) is 2. The highest BCUT2D eigenvalue weighted by Gasteiger charge is 2.53. The maximum Gasteiger partial charge on any atom is 0.343 e. The Balaban J connectivity index is 1.30. The zero-order valence-electron chi connectivity index (χ0n) is 29.9. The van der Waals surface area contributed by atoms with Crippen molar-refractivity contribution in [2.75, 3.05) is 0 Å². The maximum atomic E-state index is 14.9. The zero-order chi connectivity index (χ0) is 38.7. The van der Waals surface area contributed by atoms with E-state index in [2.05, 4.69) is 0 Å². The number of hydrogen-bond donors (Lipinski definition) is 4. The number of aliphatic hydroxyl groups is 4. The number of para-hydroxylation sites is 2. The predicted molar refractivity (Wildman–Crippen MR) is 197 cm³/mol. The lowest BCUT2D eigenvalue weighted by Gasteiger charge is -2.35. The fraction of sp³-hybridized carbons (Fsp3) is 0.286. The van der Waals surface area contributed by atoms with E-state index < -0.39 is 71.8 Å². The number of aliphatic hydroxyl groups excluding tert-OH is 2. The number of benzene rings is 2. The largest absolute Gasteiger partial charge is 0.458 e. The van der Waals surface area contributed by atoms with Crippen LogP contribution in [-0.4, -0.2) is 51.5 Å². The molecular weight excluding hydrogens is 720 g/mol. The Labute approximate surface area is 315 Å². The second-order valence-corrected chi connectivity index (χ2v) is 15.2. The first-order valence-electron chi connectivity index (χ1n) is 18.5. The number of cyclic esters (lactones) is 2. The minimum absolute atomic E-state index is 0.0545. The van der Waals surface area contributed by atoms with Crippen LogP contribution in [0.5, 0.6) is 0 Å². The van der Waals surface area contributed by atoms with Crippen LogP contribution in [0.4, 0.5) is 0 Å². The van der Waals surface area contributed by atoms with E-state index in [4.69, 9.17) is 19.4 Å². The minimum atomic E-state index is -2.11. The predicted octanol–water partition coefficient (Wildman–Crippen LogP) is 3.34. The average molecular weight is 753 g/mol. The molecule has 0 saturated carbocycles. The standard InChI is InChI=1S/C42H32N4O10/c1-3-41(53)21-13-25-31-29-27(17-9-5-7-11-23(17)43-31)36(48)34-30-28(35(47)33(29)45(25)37(49)19(21)15-55-39(41)51)18-10-6-8-12-24(18)44-32(30)26-14-22-20(38(50)46(26)34)16-56-40(52)42(22,54)4-2/h5-14,33-36,47-48,53-54H,3-4,15-16H2,1-2H3/t33-,34-,35-,36-,41+,42+/m1/s1. The monoisotopic (exact) mass is 752 g/mol. The van der Waals surface area contributed by atoms with Gasteiger partial charge in [0.1, 0.15) is 25.4 Å². The van der Waals surface area contributed by atoms with Crippen LogP contribution in [0.1, 0.15) is 95.5 Å². The van der Waals surface area contributed by atoms with Crippen molar-refractivity contribution >= 4 is 33.7 Å². The van der Waals surface area contributed by atoms with Gasteiger partial charge in [0.2, 0.25) is 0 Å². The highest BCUT2D eigenvalue weighted by Crippen LogP contribution is 2.58. The molecule has 4 aliphatic heterocycles. The van der Waals surface area contributed by atoms with Gasteiger partial charge in [-0.2, -0.15) is 0 Å². The lowest BCUT2D eigenvalue weighted by atomic mass is 9.79. The molecule has 0 bridgehead atoms. The van der Waals surface area contributed by atoms with E-state index in [1.54, 1.807) is 74.5 Å². The summed E-state index contributed by atoms with van der Waals surface area (Å²) in [4.78, 5) is 65.7. The smallest absolute Gasteiger partial charge is 0.343 e. The number of nitrogens with zero attached hydrogens (tertiary/aromatic N) is 4. The van der Waals surface area contributed by atoms with Gasteiger partial charge in [-0.05, 0) is 48.2 Å². The number of fused-ring (bicyclic) bond motifs is 12. The summed E-state index contributed by atoms with van der Waals surface area (Å²) < 4.78 is 13.5. The molecule has 0 amide bonds. The molecule has 8 heterocycles. The van der Waals surface area contributed by atoms with Gasteiger partial charge in [-0.15, -0.1) is 0 Å². The van der Waals surface area contributed by atoms with Crippen molar-refractivity contribution in [2.24, 2.45) is 0 Å². The number of carbonyl (C=O) groups is 2. The molecule has 4 aromatic heterocycles. The number of aromatic nitrogens is 4. The van der Waals surface area contributed by atoms with Crippen LogP contribution in [0.3, 0.4) is 0 Å². The van der Waals surface area contributed by atoms with Crippen LogP contribution in [-0.2, 0) is 43.5 Å². The molecule has 0 radical (unpaired) electrons. The van der Waals surface area contributed by atoms with E-state index in [1.165, 1.54) is 9.13 Å². The van der Waals surface area contributed by atoms with Crippen LogP contribution in [0, 0.1) is 0 Å². The average Bonchev–Trinajstić information content (AvgIpc) is 3.71. The van der Waals surface area contributed by atoms with Crippen molar-refractivity contribution in [1.82, 2.24) is 19.1 Å². The summed E-state index contributed by atoms with van der Waals surface area (Å²) in [6, 6.07) is 14.9. The van der Waals surface area contributed by atoms with Crippen LogP contribution in [0.25, 0.3) is 44.6 Å². The van der Waals surface area contributed by atoms with Gasteiger partial charge in [0.05, 0.1) is 57.0 Å². The van der Waals surface area contributed by atoms with Gasteiger partial charge >= 0.3 is 11.9 Å². The van der Waals surface area contributed by atoms with Gasteiger partial charge in [0, 0.05) is 33.0 Å². The van der Waals surface area contributed by atoms with Crippen molar-refractivity contribution in [3.63, 3.8) is 0 Å². The SMILES string of the molecule is CC[C@@]1(O)C(=O)OCc2c1cc1n(c2=O)[C@@H]2c3c-1nc1ccccc1c3[C@@H](O)[C@H]1c3c(nc4ccccc4c3[C@H]2O)-c2cc3c(c(=O)n21)COC(=O)[C@]3(O)CC. The summed E-state index contributed by atoms with van der Waals surface area (Å²) in [7, 11) is 0. The summed E-state index contributed by atoms with van der Waals surface area (Å²) in [6.45, 7) is 2.43. The topological polar surface area (TPSA) is 203 Å². The number of rotatable bonds is 2. The summed E-state index contributed by atoms with van der Waals surface area (Å²) >= 11 is 0. The van der Waals surface area contributed by atoms with Crippen LogP contribution >= 0.6 is 0 Å². The molecule has 1 aliphatic carbocycles. The lowest BCUT2D eigenvalue weighted by molar-refractivity contribution is -0.172. The molecule has 2 aromatic carbocycles. The Kier molecular flexibility index (Phi) is 6.43. The number of esters is 2.